The Morgan fingerprint density at radius 2 is 1.85 bits per heavy atom. The summed E-state index contributed by atoms with van der Waals surface area (Å²) >= 11 is 0. The summed E-state index contributed by atoms with van der Waals surface area (Å²) in [7, 11) is 1.53. The van der Waals surface area contributed by atoms with E-state index in [1.54, 1.807) is 36.4 Å². The van der Waals surface area contributed by atoms with Crippen molar-refractivity contribution in [1.82, 2.24) is 5.32 Å². The molecule has 0 aliphatic carbocycles. The number of ether oxygens (including phenoxy) is 1. The van der Waals surface area contributed by atoms with E-state index in [1.165, 1.54) is 7.11 Å². The number of hydrogen-bond donors (Lipinski definition) is 3. The van der Waals surface area contributed by atoms with Crippen LogP contribution in [0.25, 0.3) is 11.0 Å². The molecule has 0 saturated heterocycles. The molecule has 0 aliphatic rings. The number of rotatable bonds is 9. The van der Waals surface area contributed by atoms with E-state index >= 15 is 0 Å². The van der Waals surface area contributed by atoms with Gasteiger partial charge in [0.25, 0.3) is 5.91 Å². The predicted molar refractivity (Wildman–Crippen MR) is 123 cm³/mol. The van der Waals surface area contributed by atoms with Crippen molar-refractivity contribution < 1.29 is 23.5 Å². The Bertz CT molecular complexity index is 1260. The van der Waals surface area contributed by atoms with Crippen molar-refractivity contribution in [3.05, 3.63) is 69.6 Å². The lowest BCUT2D eigenvalue weighted by Crippen LogP contribution is -2.29. The Kier molecular flexibility index (Phi) is 7.45. The lowest BCUT2D eigenvalue weighted by atomic mass is 10.0. The topological polar surface area (TPSA) is 141 Å². The molecule has 9 nitrogen and oxygen atoms in total. The zero-order valence-electron chi connectivity index (χ0n) is 18.4. The Morgan fingerprint density at radius 1 is 1.09 bits per heavy atom. The number of carbonyl (C=O) groups is 3. The molecule has 172 valence electrons. The number of primary amides is 1. The maximum Gasteiger partial charge on any atom is 0.339 e. The molecule has 3 aromatic rings. The molecular formula is C24H25N3O6. The smallest absolute Gasteiger partial charge is 0.339 e. The van der Waals surface area contributed by atoms with Crippen LogP contribution in [0.15, 0.2) is 51.7 Å². The van der Waals surface area contributed by atoms with E-state index < -0.39 is 17.4 Å². The Labute approximate surface area is 189 Å². The third-order valence-corrected chi connectivity index (χ3v) is 5.20. The van der Waals surface area contributed by atoms with Crippen LogP contribution in [0.4, 0.5) is 5.69 Å². The molecule has 1 aromatic heterocycles. The second kappa shape index (κ2) is 10.4. The number of amides is 3. The molecule has 0 fully saturated rings. The molecule has 9 heteroatoms. The first-order valence-electron chi connectivity index (χ1n) is 10.4. The number of fused-ring (bicyclic) bond motifs is 1. The fourth-order valence-electron chi connectivity index (χ4n) is 3.43. The predicted octanol–water partition coefficient (Wildman–Crippen LogP) is 2.29. The first kappa shape index (κ1) is 23.5. The van der Waals surface area contributed by atoms with Gasteiger partial charge in [-0.3, -0.25) is 14.4 Å². The maximum absolute atomic E-state index is 12.6. The average molecular weight is 451 g/mol. The molecule has 3 rings (SSSR count). The molecule has 0 aliphatic heterocycles. The summed E-state index contributed by atoms with van der Waals surface area (Å²) in [4.78, 5) is 48.3. The fourth-order valence-corrected chi connectivity index (χ4v) is 3.43. The average Bonchev–Trinajstić information content (AvgIpc) is 2.78. The third-order valence-electron chi connectivity index (χ3n) is 5.20. The van der Waals surface area contributed by atoms with Gasteiger partial charge < -0.3 is 25.5 Å². The van der Waals surface area contributed by atoms with E-state index in [1.807, 2.05) is 13.0 Å². The number of para-hydroxylation sites is 1. The zero-order valence-corrected chi connectivity index (χ0v) is 18.4. The van der Waals surface area contributed by atoms with Crippen molar-refractivity contribution in [3.63, 3.8) is 0 Å². The van der Waals surface area contributed by atoms with Gasteiger partial charge in [-0.25, -0.2) is 4.79 Å². The highest BCUT2D eigenvalue weighted by atomic mass is 16.5. The van der Waals surface area contributed by atoms with Crippen LogP contribution < -0.4 is 26.7 Å². The van der Waals surface area contributed by atoms with E-state index in [0.29, 0.717) is 22.6 Å². The molecule has 0 radical (unpaired) electrons. The van der Waals surface area contributed by atoms with Crippen LogP contribution in [-0.4, -0.2) is 31.4 Å². The molecule has 3 amide bonds. The summed E-state index contributed by atoms with van der Waals surface area (Å²) in [5.74, 6) is -0.742. The summed E-state index contributed by atoms with van der Waals surface area (Å²) < 4.78 is 10.6. The number of benzene rings is 2. The molecule has 0 unspecified atom stereocenters. The molecular weight excluding hydrogens is 426 g/mol. The minimum absolute atomic E-state index is 0.0146. The van der Waals surface area contributed by atoms with Gasteiger partial charge in [-0.05, 0) is 43.2 Å². The fraction of sp³-hybridized carbons (Fsp3) is 0.250. The second-order valence-electron chi connectivity index (χ2n) is 7.42. The third kappa shape index (κ3) is 5.76. The van der Waals surface area contributed by atoms with Crippen LogP contribution in [-0.2, 0) is 16.0 Å². The van der Waals surface area contributed by atoms with Gasteiger partial charge in [0.15, 0.2) is 0 Å². The van der Waals surface area contributed by atoms with Crippen LogP contribution in [0.1, 0.15) is 34.3 Å². The number of nitrogens with one attached hydrogen (secondary N) is 2. The van der Waals surface area contributed by atoms with E-state index in [0.717, 1.165) is 10.9 Å². The first-order valence-corrected chi connectivity index (χ1v) is 10.4. The number of carbonyl (C=O) groups excluding carboxylic acids is 3. The van der Waals surface area contributed by atoms with E-state index in [4.69, 9.17) is 14.9 Å². The number of nitrogens with two attached hydrogens (primary N) is 1. The molecule has 33 heavy (non-hydrogen) atoms. The maximum atomic E-state index is 12.6. The highest BCUT2D eigenvalue weighted by molar-refractivity contribution is 6.03. The zero-order chi connectivity index (χ0) is 24.0. The lowest BCUT2D eigenvalue weighted by molar-refractivity contribution is -0.118. The van der Waals surface area contributed by atoms with Crippen molar-refractivity contribution in [2.75, 3.05) is 19.0 Å². The minimum atomic E-state index is -0.524. The van der Waals surface area contributed by atoms with Gasteiger partial charge in [0.1, 0.15) is 11.3 Å². The van der Waals surface area contributed by atoms with Crippen LogP contribution in [0.3, 0.4) is 0 Å². The SMILES string of the molecule is COc1ccc2c(C)c(CCC(=O)Nc3ccccc3C(=O)NCCC(N)=O)c(=O)oc2c1. The van der Waals surface area contributed by atoms with Gasteiger partial charge >= 0.3 is 5.63 Å². The van der Waals surface area contributed by atoms with Crippen molar-refractivity contribution >= 4 is 34.4 Å². The molecule has 0 atom stereocenters. The van der Waals surface area contributed by atoms with Gasteiger partial charge in [0.2, 0.25) is 11.8 Å². The summed E-state index contributed by atoms with van der Waals surface area (Å²) in [5, 5.41) is 6.07. The van der Waals surface area contributed by atoms with Gasteiger partial charge in [-0.1, -0.05) is 12.1 Å². The van der Waals surface area contributed by atoms with Gasteiger partial charge in [0.05, 0.1) is 18.4 Å². The van der Waals surface area contributed by atoms with E-state index in [9.17, 15) is 19.2 Å². The standard InChI is InChI=1S/C24H25N3O6/c1-14-16-8-7-15(32-2)13-20(16)33-24(31)17(14)9-10-22(29)27-19-6-4-3-5-18(19)23(30)26-12-11-21(25)28/h3-8,13H,9-12H2,1-2H3,(H2,25,28)(H,26,30)(H,27,29). The minimum Gasteiger partial charge on any atom is -0.497 e. The highest BCUT2D eigenvalue weighted by Gasteiger charge is 2.16. The van der Waals surface area contributed by atoms with Crippen molar-refractivity contribution in [1.29, 1.82) is 0 Å². The summed E-state index contributed by atoms with van der Waals surface area (Å²) in [6, 6.07) is 11.7. The Morgan fingerprint density at radius 3 is 2.58 bits per heavy atom. The van der Waals surface area contributed by atoms with Gasteiger partial charge in [-0.2, -0.15) is 0 Å². The summed E-state index contributed by atoms with van der Waals surface area (Å²) in [6.07, 6.45) is 0.209. The summed E-state index contributed by atoms with van der Waals surface area (Å²) in [5.41, 5.74) is 6.73. The Balaban J connectivity index is 1.70. The Hall–Kier alpha value is -4.14. The van der Waals surface area contributed by atoms with E-state index in [-0.39, 0.29) is 37.3 Å². The van der Waals surface area contributed by atoms with Gasteiger partial charge in [-0.15, -0.1) is 0 Å². The van der Waals surface area contributed by atoms with Crippen LogP contribution in [0.5, 0.6) is 5.75 Å². The molecule has 4 N–H and O–H groups in total. The number of hydrogen-bond acceptors (Lipinski definition) is 6. The normalized spacial score (nSPS) is 10.6. The van der Waals surface area contributed by atoms with Crippen LogP contribution in [0, 0.1) is 6.92 Å². The van der Waals surface area contributed by atoms with Crippen molar-refractivity contribution in [2.24, 2.45) is 5.73 Å². The monoisotopic (exact) mass is 451 g/mol. The van der Waals surface area contributed by atoms with Crippen LogP contribution >= 0.6 is 0 Å². The number of anilines is 1. The van der Waals surface area contributed by atoms with Crippen molar-refractivity contribution in [2.45, 2.75) is 26.2 Å². The molecule has 0 bridgehead atoms. The first-order chi connectivity index (χ1) is 15.8. The molecule has 1 heterocycles. The van der Waals surface area contributed by atoms with Crippen LogP contribution in [0.2, 0.25) is 0 Å². The van der Waals surface area contributed by atoms with Gasteiger partial charge in [0, 0.05) is 36.4 Å². The lowest BCUT2D eigenvalue weighted by Gasteiger charge is -2.12. The number of methoxy groups -OCH3 is 1. The largest absolute Gasteiger partial charge is 0.497 e. The molecule has 0 saturated carbocycles. The molecule has 0 spiro atoms. The quantitative estimate of drug-likeness (QED) is 0.426. The van der Waals surface area contributed by atoms with Crippen molar-refractivity contribution in [3.8, 4) is 5.75 Å². The number of aryl methyl sites for hydroxylation is 1. The second-order valence-corrected chi connectivity index (χ2v) is 7.42. The molecule has 2 aromatic carbocycles. The summed E-state index contributed by atoms with van der Waals surface area (Å²) in [6.45, 7) is 1.91. The highest BCUT2D eigenvalue weighted by Crippen LogP contribution is 2.24. The van der Waals surface area contributed by atoms with E-state index in [2.05, 4.69) is 10.6 Å².